The number of hydrogen-bond donors (Lipinski definition) is 1. The molecule has 1 aliphatic rings. The Morgan fingerprint density at radius 1 is 1.17 bits per heavy atom. The summed E-state index contributed by atoms with van der Waals surface area (Å²) in [6, 6.07) is 0. The molecule has 0 bridgehead atoms. The average molecular weight is 301 g/mol. The zero-order valence-electron chi connectivity index (χ0n) is 10.7. The van der Waals surface area contributed by atoms with Crippen LogP contribution in [0.3, 0.4) is 0 Å². The van der Waals surface area contributed by atoms with Gasteiger partial charge in [0.1, 0.15) is 0 Å². The van der Waals surface area contributed by atoms with Gasteiger partial charge >= 0.3 is 16.5 Å². The molecule has 2 unspecified atom stereocenters. The third-order valence-corrected chi connectivity index (χ3v) is 4.91. The fourth-order valence-corrected chi connectivity index (χ4v) is 3.34. The van der Waals surface area contributed by atoms with E-state index in [2.05, 4.69) is 20.3 Å². The van der Waals surface area contributed by atoms with Crippen LogP contribution in [0.5, 0.6) is 0 Å². The lowest BCUT2D eigenvalue weighted by Crippen LogP contribution is -2.37. The van der Waals surface area contributed by atoms with Gasteiger partial charge in [-0.05, 0) is 20.0 Å². The lowest BCUT2D eigenvalue weighted by Gasteiger charge is -2.31. The van der Waals surface area contributed by atoms with E-state index in [1.807, 2.05) is 11.9 Å². The Labute approximate surface area is 108 Å². The Morgan fingerprint density at radius 2 is 1.78 bits per heavy atom. The van der Waals surface area contributed by atoms with Crippen LogP contribution in [-0.4, -0.2) is 36.1 Å². The second kappa shape index (κ2) is 7.75. The minimum absolute atomic E-state index is 0.0752. The van der Waals surface area contributed by atoms with Crippen LogP contribution in [0.1, 0.15) is 32.6 Å². The number of unbranched alkanes of at least 4 members (excludes halogenated alkanes) is 2. The van der Waals surface area contributed by atoms with Crippen LogP contribution >= 0.6 is 16.5 Å². The van der Waals surface area contributed by atoms with Crippen molar-refractivity contribution in [2.45, 2.75) is 38.6 Å². The summed E-state index contributed by atoms with van der Waals surface area (Å²) in [5.41, 5.74) is 0. The third kappa shape index (κ3) is 5.93. The molecule has 0 aliphatic carbocycles. The van der Waals surface area contributed by atoms with Crippen molar-refractivity contribution in [3.05, 3.63) is 0 Å². The molecule has 0 aromatic rings. The van der Waals surface area contributed by atoms with Gasteiger partial charge in [0.2, 0.25) is 0 Å². The predicted molar refractivity (Wildman–Crippen MR) is 67.8 cm³/mol. The van der Waals surface area contributed by atoms with Crippen LogP contribution in [-0.2, 0) is 22.5 Å². The highest BCUT2D eigenvalue weighted by atomic mass is 31.2. The van der Waals surface area contributed by atoms with Crippen LogP contribution in [0.25, 0.3) is 0 Å². The fourth-order valence-electron chi connectivity index (χ4n) is 1.57. The summed E-state index contributed by atoms with van der Waals surface area (Å²) in [4.78, 5) is 2.00. The molecule has 108 valence electrons. The van der Waals surface area contributed by atoms with E-state index in [4.69, 9.17) is 0 Å². The molecule has 1 N–H and O–H groups in total. The highest BCUT2D eigenvalue weighted by molar-refractivity contribution is 7.48. The average Bonchev–Trinajstić information content (AvgIpc) is 2.25. The Bertz CT molecular complexity index is 297. The molecule has 0 radical (unpaired) electrons. The molecule has 1 fully saturated rings. The van der Waals surface area contributed by atoms with Crippen molar-refractivity contribution >= 4 is 16.5 Å². The number of rotatable bonds is 7. The first-order valence-corrected chi connectivity index (χ1v) is 8.45. The maximum Gasteiger partial charge on any atom is 0.330 e. The Kier molecular flexibility index (Phi) is 7.03. The smallest absolute Gasteiger partial charge is 0.330 e. The molecule has 0 spiro atoms. The van der Waals surface area contributed by atoms with Gasteiger partial charge in [-0.25, -0.2) is 4.31 Å². The van der Waals surface area contributed by atoms with Gasteiger partial charge in [-0.1, -0.05) is 19.8 Å². The highest BCUT2D eigenvalue weighted by Gasteiger charge is 2.39. The van der Waals surface area contributed by atoms with Gasteiger partial charge < -0.3 is 10.0 Å². The molecule has 18 heavy (non-hydrogen) atoms. The zero-order valence-corrected chi connectivity index (χ0v) is 12.7. The van der Waals surface area contributed by atoms with Crippen molar-refractivity contribution < 1.29 is 27.6 Å². The van der Waals surface area contributed by atoms with Crippen LogP contribution in [0.2, 0.25) is 0 Å². The summed E-state index contributed by atoms with van der Waals surface area (Å²) < 4.78 is 35.8. The van der Waals surface area contributed by atoms with Crippen LogP contribution in [0, 0.1) is 0 Å². The largest absolute Gasteiger partial charge is 0.343 e. The SMILES string of the molecule is CCCCCN(C)CCC1(O)O[PH](=O)O[PH](=O)O1. The van der Waals surface area contributed by atoms with E-state index in [0.717, 1.165) is 25.8 Å². The van der Waals surface area contributed by atoms with Gasteiger partial charge in [0.05, 0.1) is 0 Å². The van der Waals surface area contributed by atoms with Crippen molar-refractivity contribution in [3.63, 3.8) is 0 Å². The van der Waals surface area contributed by atoms with E-state index >= 15 is 0 Å². The maximum absolute atomic E-state index is 11.1. The van der Waals surface area contributed by atoms with Gasteiger partial charge in [0, 0.05) is 13.0 Å². The molecule has 0 saturated carbocycles. The van der Waals surface area contributed by atoms with Gasteiger partial charge in [-0.3, -0.25) is 18.2 Å². The molecule has 1 rings (SSSR count). The zero-order chi connectivity index (χ0) is 13.6. The first-order valence-electron chi connectivity index (χ1n) is 6.00. The lowest BCUT2D eigenvalue weighted by atomic mass is 10.2. The maximum atomic E-state index is 11.1. The van der Waals surface area contributed by atoms with Crippen molar-refractivity contribution in [1.82, 2.24) is 4.90 Å². The second-order valence-corrected chi connectivity index (χ2v) is 6.50. The first-order chi connectivity index (χ1) is 8.45. The Balaban J connectivity index is 2.32. The van der Waals surface area contributed by atoms with Crippen molar-refractivity contribution in [3.8, 4) is 0 Å². The number of aliphatic hydroxyl groups is 1. The molecule has 7 nitrogen and oxygen atoms in total. The van der Waals surface area contributed by atoms with E-state index in [0.29, 0.717) is 6.54 Å². The van der Waals surface area contributed by atoms with Gasteiger partial charge in [-0.2, -0.15) is 0 Å². The van der Waals surface area contributed by atoms with E-state index < -0.39 is 22.5 Å². The quantitative estimate of drug-likeness (QED) is 0.568. The third-order valence-electron chi connectivity index (χ3n) is 2.61. The molecule has 1 heterocycles. The van der Waals surface area contributed by atoms with Crippen LogP contribution < -0.4 is 0 Å². The van der Waals surface area contributed by atoms with Crippen LogP contribution in [0.15, 0.2) is 0 Å². The van der Waals surface area contributed by atoms with Crippen molar-refractivity contribution in [1.29, 1.82) is 0 Å². The predicted octanol–water partition coefficient (Wildman–Crippen LogP) is 1.99. The molecule has 0 aromatic heterocycles. The normalized spacial score (nSPS) is 32.9. The first kappa shape index (κ1) is 16.3. The van der Waals surface area contributed by atoms with E-state index in [1.54, 1.807) is 0 Å². The minimum Gasteiger partial charge on any atom is -0.343 e. The summed E-state index contributed by atoms with van der Waals surface area (Å²) in [5.74, 6) is -2.05. The van der Waals surface area contributed by atoms with Gasteiger partial charge in [-0.15, -0.1) is 0 Å². The topological polar surface area (TPSA) is 85.3 Å². The summed E-state index contributed by atoms with van der Waals surface area (Å²) in [7, 11) is -3.95. The molecule has 9 heteroatoms. The molecule has 1 aliphatic heterocycles. The van der Waals surface area contributed by atoms with E-state index in [1.165, 1.54) is 0 Å². The van der Waals surface area contributed by atoms with Gasteiger partial charge in [0.15, 0.2) is 0 Å². The molecule has 0 aromatic carbocycles. The van der Waals surface area contributed by atoms with Crippen molar-refractivity contribution in [2.75, 3.05) is 20.1 Å². The minimum atomic E-state index is -2.93. The fraction of sp³-hybridized carbons (Fsp3) is 1.00. The summed E-state index contributed by atoms with van der Waals surface area (Å²) in [6.45, 7) is 3.51. The lowest BCUT2D eigenvalue weighted by molar-refractivity contribution is -0.285. The van der Waals surface area contributed by atoms with E-state index in [9.17, 15) is 14.2 Å². The summed E-state index contributed by atoms with van der Waals surface area (Å²) >= 11 is 0. The Hall–Kier alpha value is 0.260. The van der Waals surface area contributed by atoms with Crippen LogP contribution in [0.4, 0.5) is 0 Å². The van der Waals surface area contributed by atoms with Gasteiger partial charge in [0.25, 0.3) is 5.97 Å². The molecular weight excluding hydrogens is 280 g/mol. The standard InChI is InChI=1S/C9H21NO6P2/c1-3-4-5-7-10(2)8-6-9(11)14-17(12)16-18(13)15-9/h11,17-18H,3-8H2,1-2H3. The summed E-state index contributed by atoms with van der Waals surface area (Å²) in [5, 5.41) is 9.83. The monoisotopic (exact) mass is 301 g/mol. The summed E-state index contributed by atoms with van der Waals surface area (Å²) in [6.07, 6.45) is 3.44. The number of hydrogen-bond acceptors (Lipinski definition) is 7. The molecule has 2 atom stereocenters. The molecule has 1 saturated heterocycles. The highest BCUT2D eigenvalue weighted by Crippen LogP contribution is 2.51. The number of nitrogens with zero attached hydrogens (tertiary/aromatic N) is 1. The molecule has 0 amide bonds. The molecular formula is C9H21NO6P2. The second-order valence-electron chi connectivity index (χ2n) is 4.28. The van der Waals surface area contributed by atoms with Crippen molar-refractivity contribution in [2.24, 2.45) is 0 Å². The van der Waals surface area contributed by atoms with E-state index in [-0.39, 0.29) is 6.42 Å². The Morgan fingerprint density at radius 3 is 2.33 bits per heavy atom.